The van der Waals surface area contributed by atoms with Crippen LogP contribution >= 0.6 is 0 Å². The van der Waals surface area contributed by atoms with E-state index in [0.717, 1.165) is 5.56 Å². The second-order valence-electron chi connectivity index (χ2n) is 7.65. The molecule has 0 spiro atoms. The molecule has 0 aromatic heterocycles. The molecule has 8 heteroatoms. The third kappa shape index (κ3) is 4.38. The van der Waals surface area contributed by atoms with Gasteiger partial charge in [0.1, 0.15) is 11.3 Å². The summed E-state index contributed by atoms with van der Waals surface area (Å²) < 4.78 is 9.94. The monoisotopic (exact) mass is 458 g/mol. The fraction of sp³-hybridized carbons (Fsp3) is 0.154. The Morgan fingerprint density at radius 1 is 0.853 bits per heavy atom. The molecule has 1 aliphatic heterocycles. The minimum atomic E-state index is -0.549. The molecule has 0 fully saturated rings. The minimum Gasteiger partial charge on any atom is -0.496 e. The lowest BCUT2D eigenvalue weighted by Gasteiger charge is -2.13. The van der Waals surface area contributed by atoms with Crippen LogP contribution in [0, 0.1) is 0 Å². The van der Waals surface area contributed by atoms with Gasteiger partial charge >= 0.3 is 5.97 Å². The number of nitrogens with zero attached hydrogens (tertiary/aromatic N) is 1. The van der Waals surface area contributed by atoms with Crippen LogP contribution < -0.4 is 10.1 Å². The molecule has 3 aromatic rings. The number of carbonyl (C=O) groups excluding carboxylic acids is 4. The van der Waals surface area contributed by atoms with Crippen molar-refractivity contribution in [1.29, 1.82) is 0 Å². The Kier molecular flexibility index (Phi) is 6.40. The van der Waals surface area contributed by atoms with Crippen LogP contribution in [0.3, 0.4) is 0 Å². The van der Waals surface area contributed by atoms with Crippen molar-refractivity contribution in [3.8, 4) is 5.75 Å². The molecule has 3 aromatic carbocycles. The minimum absolute atomic E-state index is 0.136. The van der Waals surface area contributed by atoms with Gasteiger partial charge in [-0.2, -0.15) is 0 Å². The van der Waals surface area contributed by atoms with E-state index < -0.39 is 17.8 Å². The maximum absolute atomic E-state index is 12.9. The van der Waals surface area contributed by atoms with E-state index in [0.29, 0.717) is 11.3 Å². The zero-order valence-electron chi connectivity index (χ0n) is 18.7. The summed E-state index contributed by atoms with van der Waals surface area (Å²) >= 11 is 0. The van der Waals surface area contributed by atoms with Crippen LogP contribution in [0.25, 0.3) is 0 Å². The summed E-state index contributed by atoms with van der Waals surface area (Å²) in [4.78, 5) is 51.5. The van der Waals surface area contributed by atoms with Gasteiger partial charge < -0.3 is 14.8 Å². The highest BCUT2D eigenvalue weighted by molar-refractivity contribution is 6.22. The summed E-state index contributed by atoms with van der Waals surface area (Å²) in [5.41, 5.74) is 2.47. The molecule has 34 heavy (non-hydrogen) atoms. The number of imide groups is 1. The van der Waals surface area contributed by atoms with Gasteiger partial charge in [-0.05, 0) is 41.5 Å². The third-order valence-electron chi connectivity index (χ3n) is 5.54. The van der Waals surface area contributed by atoms with Crippen LogP contribution in [0.2, 0.25) is 0 Å². The van der Waals surface area contributed by atoms with E-state index in [-0.39, 0.29) is 41.3 Å². The van der Waals surface area contributed by atoms with Gasteiger partial charge in [0.25, 0.3) is 17.7 Å². The van der Waals surface area contributed by atoms with Gasteiger partial charge in [-0.25, -0.2) is 4.79 Å². The Morgan fingerprint density at radius 3 is 2.29 bits per heavy atom. The Labute approximate surface area is 196 Å². The van der Waals surface area contributed by atoms with Crippen molar-refractivity contribution in [1.82, 2.24) is 10.2 Å². The standard InChI is InChI=1S/C26H22N2O6/c1-33-22-11-8-17(12-21(22)26(32)34-2)14-27-23(29)18-9-10-19-20(13-18)25(31)28(24(19)30)15-16-6-4-3-5-7-16/h3-13H,14-15H2,1-2H3,(H,27,29). The molecule has 0 atom stereocenters. The number of hydrogen-bond acceptors (Lipinski definition) is 6. The molecule has 0 bridgehead atoms. The lowest BCUT2D eigenvalue weighted by molar-refractivity contribution is 0.0594. The first-order valence-electron chi connectivity index (χ1n) is 10.5. The van der Waals surface area contributed by atoms with Crippen molar-refractivity contribution in [2.24, 2.45) is 0 Å². The Morgan fingerprint density at radius 2 is 1.59 bits per heavy atom. The maximum Gasteiger partial charge on any atom is 0.341 e. The molecular formula is C26H22N2O6. The Bertz CT molecular complexity index is 1290. The van der Waals surface area contributed by atoms with Crippen molar-refractivity contribution in [3.05, 3.63) is 100 Å². The van der Waals surface area contributed by atoms with Crippen LogP contribution in [0.1, 0.15) is 52.6 Å². The van der Waals surface area contributed by atoms with E-state index in [1.54, 1.807) is 18.2 Å². The molecule has 0 unspecified atom stereocenters. The summed E-state index contributed by atoms with van der Waals surface area (Å²) in [5.74, 6) is -1.42. The van der Waals surface area contributed by atoms with Gasteiger partial charge in [0, 0.05) is 12.1 Å². The van der Waals surface area contributed by atoms with Gasteiger partial charge in [0.2, 0.25) is 0 Å². The first kappa shape index (κ1) is 22.7. The highest BCUT2D eigenvalue weighted by Crippen LogP contribution is 2.26. The number of nitrogens with one attached hydrogen (secondary N) is 1. The van der Waals surface area contributed by atoms with E-state index in [1.807, 2.05) is 30.3 Å². The fourth-order valence-electron chi connectivity index (χ4n) is 3.76. The number of ether oxygens (including phenoxy) is 2. The average molecular weight is 458 g/mol. The van der Waals surface area contributed by atoms with Crippen molar-refractivity contribution < 1.29 is 28.7 Å². The number of amides is 3. The number of rotatable bonds is 7. The molecule has 3 amide bonds. The van der Waals surface area contributed by atoms with Crippen LogP contribution in [-0.4, -0.2) is 42.8 Å². The van der Waals surface area contributed by atoms with Gasteiger partial charge in [-0.1, -0.05) is 36.4 Å². The molecule has 172 valence electrons. The number of benzene rings is 3. The van der Waals surface area contributed by atoms with Gasteiger partial charge in [-0.3, -0.25) is 19.3 Å². The molecule has 0 saturated carbocycles. The lowest BCUT2D eigenvalue weighted by atomic mass is 10.0. The topological polar surface area (TPSA) is 102 Å². The average Bonchev–Trinajstić information content (AvgIpc) is 3.11. The molecule has 1 aliphatic rings. The molecule has 0 saturated heterocycles. The van der Waals surface area contributed by atoms with Crippen LogP contribution in [0.4, 0.5) is 0 Å². The number of methoxy groups -OCH3 is 2. The number of esters is 1. The van der Waals surface area contributed by atoms with E-state index in [1.165, 1.54) is 37.3 Å². The predicted octanol–water partition coefficient (Wildman–Crippen LogP) is 3.21. The third-order valence-corrected chi connectivity index (χ3v) is 5.54. The maximum atomic E-state index is 12.9. The smallest absolute Gasteiger partial charge is 0.341 e. The molecule has 0 radical (unpaired) electrons. The van der Waals surface area contributed by atoms with E-state index >= 15 is 0 Å². The number of carbonyl (C=O) groups is 4. The zero-order valence-corrected chi connectivity index (χ0v) is 18.7. The second-order valence-corrected chi connectivity index (χ2v) is 7.65. The summed E-state index contributed by atoms with van der Waals surface area (Å²) in [5, 5.41) is 2.76. The number of hydrogen-bond donors (Lipinski definition) is 1. The summed E-state index contributed by atoms with van der Waals surface area (Å²) in [6, 6.07) is 18.6. The molecule has 4 rings (SSSR count). The van der Waals surface area contributed by atoms with E-state index in [9.17, 15) is 19.2 Å². The van der Waals surface area contributed by atoms with Crippen LogP contribution in [-0.2, 0) is 17.8 Å². The van der Waals surface area contributed by atoms with Crippen molar-refractivity contribution in [2.45, 2.75) is 13.1 Å². The largest absolute Gasteiger partial charge is 0.496 e. The van der Waals surface area contributed by atoms with Crippen molar-refractivity contribution in [2.75, 3.05) is 14.2 Å². The predicted molar refractivity (Wildman–Crippen MR) is 123 cm³/mol. The lowest BCUT2D eigenvalue weighted by Crippen LogP contribution is -2.29. The molecule has 1 N–H and O–H groups in total. The second kappa shape index (κ2) is 9.58. The molecule has 0 aliphatic carbocycles. The molecular weight excluding hydrogens is 436 g/mol. The molecule has 8 nitrogen and oxygen atoms in total. The first-order chi connectivity index (χ1) is 16.4. The highest BCUT2D eigenvalue weighted by atomic mass is 16.5. The van der Waals surface area contributed by atoms with E-state index in [4.69, 9.17) is 9.47 Å². The summed E-state index contributed by atoms with van der Waals surface area (Å²) in [6.45, 7) is 0.297. The van der Waals surface area contributed by atoms with Gasteiger partial charge in [-0.15, -0.1) is 0 Å². The zero-order chi connectivity index (χ0) is 24.2. The normalized spacial score (nSPS) is 12.4. The van der Waals surface area contributed by atoms with E-state index in [2.05, 4.69) is 5.32 Å². The molecule has 1 heterocycles. The first-order valence-corrected chi connectivity index (χ1v) is 10.5. The van der Waals surface area contributed by atoms with Crippen molar-refractivity contribution >= 4 is 23.7 Å². The van der Waals surface area contributed by atoms with Gasteiger partial charge in [0.15, 0.2) is 0 Å². The SMILES string of the molecule is COC(=O)c1cc(CNC(=O)c2ccc3c(c2)C(=O)N(Cc2ccccc2)C3=O)ccc1OC. The Hall–Kier alpha value is -4.46. The summed E-state index contributed by atoms with van der Waals surface area (Å²) in [6.07, 6.45) is 0. The van der Waals surface area contributed by atoms with Gasteiger partial charge in [0.05, 0.1) is 31.9 Å². The quantitative estimate of drug-likeness (QED) is 0.431. The van der Waals surface area contributed by atoms with Crippen LogP contribution in [0.5, 0.6) is 5.75 Å². The highest BCUT2D eigenvalue weighted by Gasteiger charge is 2.36. The van der Waals surface area contributed by atoms with Crippen molar-refractivity contribution in [3.63, 3.8) is 0 Å². The Balaban J connectivity index is 1.48. The van der Waals surface area contributed by atoms with Crippen LogP contribution in [0.15, 0.2) is 66.7 Å². The number of fused-ring (bicyclic) bond motifs is 1. The fourth-order valence-corrected chi connectivity index (χ4v) is 3.76. The summed E-state index contributed by atoms with van der Waals surface area (Å²) in [7, 11) is 2.72.